The first-order valence-corrected chi connectivity index (χ1v) is 8.00. The summed E-state index contributed by atoms with van der Waals surface area (Å²) in [4.78, 5) is 2.52. The van der Waals surface area contributed by atoms with Crippen LogP contribution in [0, 0.1) is 5.92 Å². The van der Waals surface area contributed by atoms with E-state index in [-0.39, 0.29) is 0 Å². The Hall–Kier alpha value is -1.19. The van der Waals surface area contributed by atoms with Crippen LogP contribution in [0.3, 0.4) is 0 Å². The summed E-state index contributed by atoms with van der Waals surface area (Å²) in [6.45, 7) is 9.93. The van der Waals surface area contributed by atoms with E-state index in [1.165, 1.54) is 25.7 Å². The molecule has 0 unspecified atom stereocenters. The molecule has 1 saturated carbocycles. The zero-order chi connectivity index (χ0) is 14.9. The van der Waals surface area contributed by atoms with Crippen molar-refractivity contribution in [2.45, 2.75) is 65.3 Å². The largest absolute Gasteiger partial charge is 0.394 e. The number of nitrogens with two attached hydrogens (primary N) is 1. The second-order valence-corrected chi connectivity index (χ2v) is 6.89. The third-order valence-corrected chi connectivity index (χ3v) is 4.23. The maximum Gasteiger partial charge on any atom is 0.150 e. The van der Waals surface area contributed by atoms with Crippen molar-refractivity contribution in [1.82, 2.24) is 9.78 Å². The van der Waals surface area contributed by atoms with Crippen molar-refractivity contribution < 1.29 is 0 Å². The minimum absolute atomic E-state index is 0.374. The van der Waals surface area contributed by atoms with Gasteiger partial charge in [-0.2, -0.15) is 5.10 Å². The fourth-order valence-electron chi connectivity index (χ4n) is 3.34. The second kappa shape index (κ2) is 6.06. The topological polar surface area (TPSA) is 47.1 Å². The fraction of sp³-hybridized carbons (Fsp3) is 0.812. The molecule has 114 valence electrons. The van der Waals surface area contributed by atoms with Crippen LogP contribution in [0.2, 0.25) is 0 Å². The molecular formula is C16H30N4. The van der Waals surface area contributed by atoms with Crippen LogP contribution in [0.15, 0.2) is 0 Å². The van der Waals surface area contributed by atoms with Gasteiger partial charge in [-0.25, -0.2) is 0 Å². The predicted octanol–water partition coefficient (Wildman–Crippen LogP) is 3.53. The van der Waals surface area contributed by atoms with Gasteiger partial charge in [-0.15, -0.1) is 0 Å². The summed E-state index contributed by atoms with van der Waals surface area (Å²) in [6, 6.07) is 0.634. The smallest absolute Gasteiger partial charge is 0.150 e. The van der Waals surface area contributed by atoms with Gasteiger partial charge in [0.15, 0.2) is 5.82 Å². The van der Waals surface area contributed by atoms with Crippen molar-refractivity contribution in [3.8, 4) is 0 Å². The highest BCUT2D eigenvalue weighted by Crippen LogP contribution is 2.35. The Kier molecular flexibility index (Phi) is 4.61. The van der Waals surface area contributed by atoms with Crippen LogP contribution in [0.5, 0.6) is 0 Å². The van der Waals surface area contributed by atoms with Gasteiger partial charge in [0.05, 0.1) is 11.4 Å². The number of hydrogen-bond acceptors (Lipinski definition) is 3. The van der Waals surface area contributed by atoms with Crippen molar-refractivity contribution in [1.29, 1.82) is 0 Å². The summed E-state index contributed by atoms with van der Waals surface area (Å²) in [6.07, 6.45) is 5.25. The van der Waals surface area contributed by atoms with E-state index in [1.807, 2.05) is 11.7 Å². The highest BCUT2D eigenvalue weighted by molar-refractivity contribution is 5.67. The van der Waals surface area contributed by atoms with Crippen LogP contribution >= 0.6 is 0 Å². The Bertz CT molecular complexity index is 442. The maximum atomic E-state index is 6.42. The molecule has 1 aliphatic carbocycles. The molecule has 2 N–H and O–H groups in total. The molecular weight excluding hydrogens is 248 g/mol. The van der Waals surface area contributed by atoms with Crippen LogP contribution in [-0.4, -0.2) is 22.4 Å². The monoisotopic (exact) mass is 278 g/mol. The highest BCUT2D eigenvalue weighted by Gasteiger charge is 2.28. The van der Waals surface area contributed by atoms with Crippen molar-refractivity contribution >= 4 is 11.5 Å². The molecule has 0 bridgehead atoms. The average molecular weight is 278 g/mol. The fourth-order valence-corrected chi connectivity index (χ4v) is 3.34. The van der Waals surface area contributed by atoms with E-state index in [0.717, 1.165) is 23.7 Å². The molecule has 4 heteroatoms. The molecule has 1 aliphatic rings. The number of anilines is 2. The molecule has 2 rings (SSSR count). The van der Waals surface area contributed by atoms with Crippen molar-refractivity contribution in [2.75, 3.05) is 17.2 Å². The average Bonchev–Trinajstić information content (AvgIpc) is 2.95. The Labute approximate surface area is 123 Å². The molecule has 0 atom stereocenters. The Morgan fingerprint density at radius 2 is 1.85 bits per heavy atom. The standard InChI is InChI=1S/C16H30N4/c1-11(2)10-20(13-8-6-7-9-13)16-14(17)15(12(3)4)18-19(16)5/h11-13H,6-10,17H2,1-5H3. The zero-order valence-electron chi connectivity index (χ0n) is 13.7. The molecule has 4 nitrogen and oxygen atoms in total. The van der Waals surface area contributed by atoms with E-state index in [0.29, 0.717) is 17.9 Å². The molecule has 1 aromatic heterocycles. The van der Waals surface area contributed by atoms with E-state index in [2.05, 4.69) is 37.7 Å². The highest BCUT2D eigenvalue weighted by atomic mass is 15.4. The molecule has 1 heterocycles. The van der Waals surface area contributed by atoms with E-state index >= 15 is 0 Å². The summed E-state index contributed by atoms with van der Waals surface area (Å²) < 4.78 is 1.99. The SMILES string of the molecule is CC(C)CN(c1c(N)c(C(C)C)nn1C)C1CCCC1. The predicted molar refractivity (Wildman–Crippen MR) is 86.1 cm³/mol. The lowest BCUT2D eigenvalue weighted by Gasteiger charge is -2.32. The van der Waals surface area contributed by atoms with Crippen molar-refractivity contribution in [3.63, 3.8) is 0 Å². The first kappa shape index (κ1) is 15.2. The lowest BCUT2D eigenvalue weighted by Crippen LogP contribution is -2.38. The van der Waals surface area contributed by atoms with Crippen molar-refractivity contribution in [2.24, 2.45) is 13.0 Å². The van der Waals surface area contributed by atoms with E-state index in [1.54, 1.807) is 0 Å². The van der Waals surface area contributed by atoms with Gasteiger partial charge < -0.3 is 10.6 Å². The first-order chi connectivity index (χ1) is 9.41. The Balaban J connectivity index is 2.37. The van der Waals surface area contributed by atoms with Gasteiger partial charge in [-0.3, -0.25) is 4.68 Å². The number of aromatic nitrogens is 2. The molecule has 20 heavy (non-hydrogen) atoms. The van der Waals surface area contributed by atoms with Crippen LogP contribution in [0.4, 0.5) is 11.5 Å². The number of nitrogens with zero attached hydrogens (tertiary/aromatic N) is 3. The third-order valence-electron chi connectivity index (χ3n) is 4.23. The van der Waals surface area contributed by atoms with Crippen LogP contribution in [0.1, 0.15) is 65.0 Å². The molecule has 0 radical (unpaired) electrons. The van der Waals surface area contributed by atoms with Crippen LogP contribution in [-0.2, 0) is 7.05 Å². The third kappa shape index (κ3) is 2.94. The van der Waals surface area contributed by atoms with E-state index in [9.17, 15) is 0 Å². The number of nitrogen functional groups attached to an aromatic ring is 1. The molecule has 0 saturated heterocycles. The van der Waals surface area contributed by atoms with Gasteiger partial charge in [-0.05, 0) is 24.7 Å². The van der Waals surface area contributed by atoms with E-state index < -0.39 is 0 Å². The lowest BCUT2D eigenvalue weighted by molar-refractivity contribution is 0.520. The maximum absolute atomic E-state index is 6.42. The molecule has 0 aliphatic heterocycles. The van der Waals surface area contributed by atoms with Crippen molar-refractivity contribution in [3.05, 3.63) is 5.69 Å². The molecule has 1 aromatic rings. The van der Waals surface area contributed by atoms with Gasteiger partial charge >= 0.3 is 0 Å². The quantitative estimate of drug-likeness (QED) is 0.896. The van der Waals surface area contributed by atoms with Gasteiger partial charge in [0.1, 0.15) is 0 Å². The van der Waals surface area contributed by atoms with Crippen LogP contribution < -0.4 is 10.6 Å². The Morgan fingerprint density at radius 3 is 2.30 bits per heavy atom. The van der Waals surface area contributed by atoms with E-state index in [4.69, 9.17) is 5.73 Å². The van der Waals surface area contributed by atoms with Crippen LogP contribution in [0.25, 0.3) is 0 Å². The van der Waals surface area contributed by atoms with Gasteiger partial charge in [0, 0.05) is 19.6 Å². The van der Waals surface area contributed by atoms with Gasteiger partial charge in [0.25, 0.3) is 0 Å². The number of hydrogen-bond donors (Lipinski definition) is 1. The molecule has 0 amide bonds. The molecule has 0 spiro atoms. The Morgan fingerprint density at radius 1 is 1.25 bits per heavy atom. The summed E-state index contributed by atoms with van der Waals surface area (Å²) in [5.41, 5.74) is 8.34. The normalized spacial score (nSPS) is 16.6. The first-order valence-electron chi connectivity index (χ1n) is 8.00. The summed E-state index contributed by atoms with van der Waals surface area (Å²) in [7, 11) is 2.03. The number of aryl methyl sites for hydroxylation is 1. The molecule has 1 fully saturated rings. The molecule has 0 aromatic carbocycles. The summed E-state index contributed by atoms with van der Waals surface area (Å²) >= 11 is 0. The summed E-state index contributed by atoms with van der Waals surface area (Å²) in [5.74, 6) is 2.14. The summed E-state index contributed by atoms with van der Waals surface area (Å²) in [5, 5.41) is 4.66. The number of rotatable bonds is 5. The zero-order valence-corrected chi connectivity index (χ0v) is 13.7. The van der Waals surface area contributed by atoms with Gasteiger partial charge in [-0.1, -0.05) is 40.5 Å². The minimum atomic E-state index is 0.374. The lowest BCUT2D eigenvalue weighted by atomic mass is 10.1. The second-order valence-electron chi connectivity index (χ2n) is 6.89. The van der Waals surface area contributed by atoms with Gasteiger partial charge in [0.2, 0.25) is 0 Å². The minimum Gasteiger partial charge on any atom is -0.394 e.